The van der Waals surface area contributed by atoms with Crippen LogP contribution < -0.4 is 16.7 Å². The van der Waals surface area contributed by atoms with Crippen molar-refractivity contribution in [1.82, 2.24) is 24.4 Å². The fraction of sp³-hybridized carbons (Fsp3) is 0.421. The smallest absolute Gasteiger partial charge is 0.330 e. The highest BCUT2D eigenvalue weighted by Crippen LogP contribution is 2.27. The van der Waals surface area contributed by atoms with Crippen LogP contribution in [0.15, 0.2) is 16.9 Å². The van der Waals surface area contributed by atoms with Gasteiger partial charge < -0.3 is 11.1 Å². The first-order valence-corrected chi connectivity index (χ1v) is 10.0. The van der Waals surface area contributed by atoms with Gasteiger partial charge in [0.15, 0.2) is 17.2 Å². The molecule has 0 atom stereocenters. The van der Waals surface area contributed by atoms with E-state index >= 15 is 0 Å². The van der Waals surface area contributed by atoms with Gasteiger partial charge in [0.05, 0.1) is 4.88 Å². The molecule has 3 aromatic rings. The molecule has 154 valence electrons. The number of imidazole rings is 1. The zero-order chi connectivity index (χ0) is 21.5. The molecule has 0 bridgehead atoms. The van der Waals surface area contributed by atoms with E-state index in [9.17, 15) is 14.4 Å². The maximum absolute atomic E-state index is 13.0. The van der Waals surface area contributed by atoms with Crippen molar-refractivity contribution >= 4 is 34.3 Å². The van der Waals surface area contributed by atoms with Gasteiger partial charge in [-0.25, -0.2) is 14.8 Å². The Morgan fingerprint density at radius 2 is 1.90 bits per heavy atom. The van der Waals surface area contributed by atoms with Gasteiger partial charge in [-0.1, -0.05) is 0 Å². The molecule has 0 radical (unpaired) electrons. The number of aromatic nitrogens is 4. The number of rotatable bonds is 5. The molecule has 0 spiro atoms. The standard InChI is InChI=1S/C19H24N6O3S/c1-6-24-17-14(25(18(24)28)9-12(26)23-19(3,4)5)13(15(20)27)21-16(22-17)11-8-7-10(2)29-11/h7-8H,6,9H2,1-5H3,(H2,20,27)(H,23,26). The van der Waals surface area contributed by atoms with Gasteiger partial charge in [0, 0.05) is 17.0 Å². The molecule has 0 fully saturated rings. The van der Waals surface area contributed by atoms with Gasteiger partial charge in [-0.2, -0.15) is 0 Å². The quantitative estimate of drug-likeness (QED) is 0.654. The number of fused-ring (bicyclic) bond motifs is 1. The third-order valence-corrected chi connectivity index (χ3v) is 5.18. The second-order valence-electron chi connectivity index (χ2n) is 7.75. The SMILES string of the molecule is CCn1c(=O)n(CC(=O)NC(C)(C)C)c2c(C(N)=O)nc(-c3ccc(C)s3)nc21. The monoisotopic (exact) mass is 416 g/mol. The topological polar surface area (TPSA) is 125 Å². The average molecular weight is 417 g/mol. The number of carbonyl (C=O) groups is 2. The van der Waals surface area contributed by atoms with Crippen LogP contribution in [-0.4, -0.2) is 36.5 Å². The van der Waals surface area contributed by atoms with Gasteiger partial charge in [0.1, 0.15) is 12.1 Å². The molecule has 3 N–H and O–H groups in total. The van der Waals surface area contributed by atoms with Crippen LogP contribution in [-0.2, 0) is 17.9 Å². The first-order valence-electron chi connectivity index (χ1n) is 9.20. The van der Waals surface area contributed by atoms with Gasteiger partial charge >= 0.3 is 5.69 Å². The predicted octanol–water partition coefficient (Wildman–Crippen LogP) is 1.66. The minimum Gasteiger partial charge on any atom is -0.364 e. The number of thiophene rings is 1. The second-order valence-corrected chi connectivity index (χ2v) is 9.04. The summed E-state index contributed by atoms with van der Waals surface area (Å²) in [7, 11) is 0. The number of carbonyl (C=O) groups excluding carboxylic acids is 2. The summed E-state index contributed by atoms with van der Waals surface area (Å²) in [5, 5.41) is 2.81. The fourth-order valence-corrected chi connectivity index (χ4v) is 3.88. The molecule has 3 heterocycles. The molecule has 29 heavy (non-hydrogen) atoms. The number of nitrogens with one attached hydrogen (secondary N) is 1. The molecule has 0 saturated heterocycles. The third-order valence-electron chi connectivity index (χ3n) is 4.18. The molecular weight excluding hydrogens is 392 g/mol. The molecule has 0 saturated carbocycles. The summed E-state index contributed by atoms with van der Waals surface area (Å²) in [6.07, 6.45) is 0. The summed E-state index contributed by atoms with van der Waals surface area (Å²) in [6, 6.07) is 3.78. The molecule has 0 aliphatic carbocycles. The van der Waals surface area contributed by atoms with E-state index in [4.69, 9.17) is 5.73 Å². The van der Waals surface area contributed by atoms with Crippen LogP contribution >= 0.6 is 11.3 Å². The summed E-state index contributed by atoms with van der Waals surface area (Å²) in [4.78, 5) is 48.3. The normalized spacial score (nSPS) is 11.8. The Hall–Kier alpha value is -3.01. The number of amides is 2. The van der Waals surface area contributed by atoms with Crippen LogP contribution in [0.3, 0.4) is 0 Å². The minimum absolute atomic E-state index is 0.0797. The maximum Gasteiger partial charge on any atom is 0.330 e. The van der Waals surface area contributed by atoms with Gasteiger partial charge in [0.2, 0.25) is 5.91 Å². The maximum atomic E-state index is 13.0. The van der Waals surface area contributed by atoms with Crippen molar-refractivity contribution < 1.29 is 9.59 Å². The number of hydrogen-bond donors (Lipinski definition) is 2. The third kappa shape index (κ3) is 4.07. The molecular formula is C19H24N6O3S. The average Bonchev–Trinajstić information content (AvgIpc) is 3.14. The molecule has 3 aromatic heterocycles. The Morgan fingerprint density at radius 1 is 1.21 bits per heavy atom. The van der Waals surface area contributed by atoms with E-state index in [-0.39, 0.29) is 29.3 Å². The van der Waals surface area contributed by atoms with Crippen LogP contribution in [0.25, 0.3) is 21.9 Å². The Labute approximate surface area is 171 Å². The van der Waals surface area contributed by atoms with E-state index < -0.39 is 17.1 Å². The van der Waals surface area contributed by atoms with Gasteiger partial charge in [-0.05, 0) is 46.8 Å². The molecule has 0 aromatic carbocycles. The highest BCUT2D eigenvalue weighted by molar-refractivity contribution is 7.15. The van der Waals surface area contributed by atoms with Crippen molar-refractivity contribution in [3.63, 3.8) is 0 Å². The Morgan fingerprint density at radius 3 is 2.41 bits per heavy atom. The van der Waals surface area contributed by atoms with E-state index in [0.717, 1.165) is 9.75 Å². The largest absolute Gasteiger partial charge is 0.364 e. The zero-order valence-corrected chi connectivity index (χ0v) is 17.9. The number of primary amides is 1. The van der Waals surface area contributed by atoms with Crippen molar-refractivity contribution in [2.24, 2.45) is 5.73 Å². The number of hydrogen-bond acceptors (Lipinski definition) is 6. The van der Waals surface area contributed by atoms with E-state index in [1.54, 1.807) is 6.92 Å². The lowest BCUT2D eigenvalue weighted by atomic mass is 10.1. The van der Waals surface area contributed by atoms with Crippen molar-refractivity contribution in [3.8, 4) is 10.7 Å². The van der Waals surface area contributed by atoms with Crippen LogP contribution in [0.4, 0.5) is 0 Å². The fourth-order valence-electron chi connectivity index (χ4n) is 3.08. The first kappa shape index (κ1) is 20.7. The van der Waals surface area contributed by atoms with Crippen LogP contribution in [0.1, 0.15) is 43.1 Å². The highest BCUT2D eigenvalue weighted by Gasteiger charge is 2.25. The molecule has 0 aliphatic rings. The zero-order valence-electron chi connectivity index (χ0n) is 17.1. The van der Waals surface area contributed by atoms with Crippen molar-refractivity contribution in [2.75, 3.05) is 0 Å². The van der Waals surface area contributed by atoms with E-state index in [1.165, 1.54) is 20.5 Å². The van der Waals surface area contributed by atoms with Crippen LogP contribution in [0, 0.1) is 6.92 Å². The molecule has 9 nitrogen and oxygen atoms in total. The van der Waals surface area contributed by atoms with Gasteiger partial charge in [-0.3, -0.25) is 18.7 Å². The van der Waals surface area contributed by atoms with E-state index in [0.29, 0.717) is 12.4 Å². The van der Waals surface area contributed by atoms with E-state index in [1.807, 2.05) is 39.8 Å². The van der Waals surface area contributed by atoms with E-state index in [2.05, 4.69) is 15.3 Å². The summed E-state index contributed by atoms with van der Waals surface area (Å²) in [6.45, 7) is 9.33. The predicted molar refractivity (Wildman–Crippen MR) is 112 cm³/mol. The van der Waals surface area contributed by atoms with Crippen molar-refractivity contribution in [1.29, 1.82) is 0 Å². The summed E-state index contributed by atoms with van der Waals surface area (Å²) in [5.41, 5.74) is 5.06. The number of nitrogens with two attached hydrogens (primary N) is 1. The van der Waals surface area contributed by atoms with Crippen molar-refractivity contribution in [3.05, 3.63) is 33.2 Å². The lowest BCUT2D eigenvalue weighted by molar-refractivity contribution is -0.123. The molecule has 0 aliphatic heterocycles. The van der Waals surface area contributed by atoms with Gasteiger partial charge in [-0.15, -0.1) is 11.3 Å². The summed E-state index contributed by atoms with van der Waals surface area (Å²) < 4.78 is 2.63. The number of aryl methyl sites for hydroxylation is 2. The Bertz CT molecular complexity index is 1170. The second kappa shape index (κ2) is 7.43. The minimum atomic E-state index is -0.787. The summed E-state index contributed by atoms with van der Waals surface area (Å²) in [5.74, 6) is -0.823. The lowest BCUT2D eigenvalue weighted by Gasteiger charge is -2.20. The molecule has 0 unspecified atom stereocenters. The molecule has 3 rings (SSSR count). The first-order chi connectivity index (χ1) is 13.5. The van der Waals surface area contributed by atoms with Gasteiger partial charge in [0.25, 0.3) is 5.91 Å². The highest BCUT2D eigenvalue weighted by atomic mass is 32.1. The summed E-state index contributed by atoms with van der Waals surface area (Å²) >= 11 is 1.48. The molecule has 10 heteroatoms. The van der Waals surface area contributed by atoms with Crippen molar-refractivity contribution in [2.45, 2.75) is 53.2 Å². The Kier molecular flexibility index (Phi) is 5.31. The van der Waals surface area contributed by atoms with Crippen LogP contribution in [0.2, 0.25) is 0 Å². The Balaban J connectivity index is 2.25. The lowest BCUT2D eigenvalue weighted by Crippen LogP contribution is -2.43. The number of nitrogens with zero attached hydrogens (tertiary/aromatic N) is 4. The molecule has 2 amide bonds. The van der Waals surface area contributed by atoms with Crippen LogP contribution in [0.5, 0.6) is 0 Å².